The van der Waals surface area contributed by atoms with Crippen LogP contribution in [-0.4, -0.2) is 87.1 Å². The number of nitrogens with zero attached hydrogens (tertiary/aromatic N) is 8. The van der Waals surface area contributed by atoms with Gasteiger partial charge in [0, 0.05) is 50.1 Å². The van der Waals surface area contributed by atoms with Crippen LogP contribution >= 0.6 is 0 Å². The lowest BCUT2D eigenvalue weighted by Gasteiger charge is -2.18. The third-order valence-corrected chi connectivity index (χ3v) is 8.59. The predicted molar refractivity (Wildman–Crippen MR) is 166 cm³/mol. The number of hydrogen-bond acceptors (Lipinski definition) is 8. The Bertz CT molecular complexity index is 1680. The summed E-state index contributed by atoms with van der Waals surface area (Å²) in [6.45, 7) is 4.24. The Morgan fingerprint density at radius 3 is 2.42 bits per heavy atom. The van der Waals surface area contributed by atoms with Gasteiger partial charge in [0.15, 0.2) is 5.65 Å². The second-order valence-electron chi connectivity index (χ2n) is 11.9. The predicted octanol–water partition coefficient (Wildman–Crippen LogP) is 3.58. The van der Waals surface area contributed by atoms with Crippen LogP contribution in [0.5, 0.6) is 0 Å². The molecule has 2 N–H and O–H groups in total. The van der Waals surface area contributed by atoms with Gasteiger partial charge >= 0.3 is 0 Å². The Morgan fingerprint density at radius 1 is 1.02 bits per heavy atom. The highest BCUT2D eigenvalue weighted by Crippen LogP contribution is 2.45. The standard InChI is InChI=1S/C32H37N9O2/c1-20-11-12-34-26(14-20)39(4)32(43)22-9-7-21(8-10-22)29-28-30(33)35-19-36-31(28)41(37-29)25-15-23-17-40(18-24(23)16-25)27(42)6-5-13-38(2)3/h5-12,14,19,23-25H,13,15-18H2,1-4H3,(H2,33,35,36)/b6-5+. The van der Waals surface area contributed by atoms with Crippen LogP contribution in [0.15, 0.2) is 61.1 Å². The molecule has 2 fully saturated rings. The van der Waals surface area contributed by atoms with Crippen molar-refractivity contribution in [3.63, 3.8) is 0 Å². The van der Waals surface area contributed by atoms with E-state index in [1.165, 1.54) is 6.33 Å². The van der Waals surface area contributed by atoms with Crippen LogP contribution in [0.4, 0.5) is 11.6 Å². The summed E-state index contributed by atoms with van der Waals surface area (Å²) in [6, 6.07) is 11.3. The highest BCUT2D eigenvalue weighted by molar-refractivity contribution is 6.06. The highest BCUT2D eigenvalue weighted by Gasteiger charge is 2.43. The number of likely N-dealkylation sites (tertiary alicyclic amines) is 1. The summed E-state index contributed by atoms with van der Waals surface area (Å²) in [4.78, 5) is 44.6. The van der Waals surface area contributed by atoms with Gasteiger partial charge in [-0.15, -0.1) is 0 Å². The molecule has 3 aromatic heterocycles. The fourth-order valence-corrected chi connectivity index (χ4v) is 6.34. The number of fused-ring (bicyclic) bond motifs is 2. The summed E-state index contributed by atoms with van der Waals surface area (Å²) in [5.74, 6) is 1.74. The highest BCUT2D eigenvalue weighted by atomic mass is 16.2. The van der Waals surface area contributed by atoms with E-state index in [0.717, 1.165) is 43.6 Å². The Labute approximate surface area is 251 Å². The number of carbonyl (C=O) groups is 2. The molecule has 2 unspecified atom stereocenters. The molecule has 43 heavy (non-hydrogen) atoms. The number of amides is 2. The molecule has 222 valence electrons. The van der Waals surface area contributed by atoms with Crippen LogP contribution in [0.1, 0.15) is 34.8 Å². The van der Waals surface area contributed by atoms with Gasteiger partial charge in [0.05, 0.1) is 11.4 Å². The molecule has 4 aromatic rings. The van der Waals surface area contributed by atoms with Crippen molar-refractivity contribution in [3.8, 4) is 11.3 Å². The van der Waals surface area contributed by atoms with Gasteiger partial charge in [0.1, 0.15) is 23.7 Å². The number of likely N-dealkylation sites (N-methyl/N-ethyl adjacent to an activating group) is 1. The molecular weight excluding hydrogens is 542 g/mol. The van der Waals surface area contributed by atoms with Crippen molar-refractivity contribution in [2.24, 2.45) is 11.8 Å². The van der Waals surface area contributed by atoms with Crippen LogP contribution in [0.25, 0.3) is 22.3 Å². The molecule has 4 heterocycles. The molecule has 1 aromatic carbocycles. The molecule has 1 saturated carbocycles. The van der Waals surface area contributed by atoms with Crippen molar-refractivity contribution in [2.45, 2.75) is 25.8 Å². The van der Waals surface area contributed by atoms with E-state index in [1.807, 2.05) is 65.8 Å². The minimum absolute atomic E-state index is 0.0865. The monoisotopic (exact) mass is 579 g/mol. The Balaban J connectivity index is 1.21. The number of anilines is 2. The summed E-state index contributed by atoms with van der Waals surface area (Å²) in [6.07, 6.45) is 8.63. The van der Waals surface area contributed by atoms with Crippen molar-refractivity contribution in [3.05, 3.63) is 72.2 Å². The van der Waals surface area contributed by atoms with E-state index in [9.17, 15) is 9.59 Å². The lowest BCUT2D eigenvalue weighted by atomic mass is 10.0. The average molecular weight is 580 g/mol. The van der Waals surface area contributed by atoms with Crippen LogP contribution in [-0.2, 0) is 4.79 Å². The first-order chi connectivity index (χ1) is 20.7. The van der Waals surface area contributed by atoms with Crippen LogP contribution in [0.2, 0.25) is 0 Å². The number of carbonyl (C=O) groups excluding carboxylic acids is 2. The Morgan fingerprint density at radius 2 is 1.74 bits per heavy atom. The lowest BCUT2D eigenvalue weighted by Crippen LogP contribution is -2.28. The first kappa shape index (κ1) is 28.5. The van der Waals surface area contributed by atoms with Crippen LogP contribution in [0, 0.1) is 18.8 Å². The van der Waals surface area contributed by atoms with Crippen molar-refractivity contribution in [1.82, 2.24) is 34.5 Å². The van der Waals surface area contributed by atoms with Crippen LogP contribution < -0.4 is 10.6 Å². The number of rotatable bonds is 7. The molecule has 1 aliphatic heterocycles. The molecule has 1 aliphatic carbocycles. The second kappa shape index (κ2) is 11.6. The Hall–Kier alpha value is -4.64. The molecule has 11 heteroatoms. The SMILES string of the molecule is Cc1ccnc(N(C)C(=O)c2ccc(-c3nn(C4CC5CN(C(=O)/C=C/CN(C)C)CC5C4)c4ncnc(N)c34)cc2)c1. The van der Waals surface area contributed by atoms with E-state index in [1.54, 1.807) is 36.4 Å². The summed E-state index contributed by atoms with van der Waals surface area (Å²) < 4.78 is 2.00. The van der Waals surface area contributed by atoms with Gasteiger partial charge in [-0.1, -0.05) is 18.2 Å². The van der Waals surface area contributed by atoms with Gasteiger partial charge in [-0.2, -0.15) is 5.10 Å². The van der Waals surface area contributed by atoms with Gasteiger partial charge in [0.2, 0.25) is 5.91 Å². The van der Waals surface area contributed by atoms with E-state index in [2.05, 4.69) is 15.0 Å². The van der Waals surface area contributed by atoms with Crippen molar-refractivity contribution in [2.75, 3.05) is 51.4 Å². The molecule has 6 rings (SSSR count). The minimum atomic E-state index is -0.152. The third kappa shape index (κ3) is 5.60. The number of nitrogens with two attached hydrogens (primary N) is 1. The van der Waals surface area contributed by atoms with Crippen molar-refractivity contribution in [1.29, 1.82) is 0 Å². The number of aryl methyl sites for hydroxylation is 1. The molecule has 0 spiro atoms. The van der Waals surface area contributed by atoms with Gasteiger partial charge in [-0.3, -0.25) is 14.5 Å². The average Bonchev–Trinajstić information content (AvgIpc) is 3.69. The number of hydrogen-bond donors (Lipinski definition) is 1. The summed E-state index contributed by atoms with van der Waals surface area (Å²) >= 11 is 0. The van der Waals surface area contributed by atoms with E-state index in [0.29, 0.717) is 45.8 Å². The summed E-state index contributed by atoms with van der Waals surface area (Å²) in [5.41, 5.74) is 10.2. The maximum atomic E-state index is 13.2. The number of aromatic nitrogens is 5. The largest absolute Gasteiger partial charge is 0.383 e. The molecule has 11 nitrogen and oxygen atoms in total. The third-order valence-electron chi connectivity index (χ3n) is 8.59. The zero-order chi connectivity index (χ0) is 30.2. The van der Waals surface area contributed by atoms with Gasteiger partial charge < -0.3 is 15.5 Å². The normalized spacial score (nSPS) is 19.9. The van der Waals surface area contributed by atoms with E-state index in [4.69, 9.17) is 10.8 Å². The topological polar surface area (TPSA) is 126 Å². The van der Waals surface area contributed by atoms with Gasteiger partial charge in [-0.05, 0) is 75.5 Å². The molecule has 0 radical (unpaired) electrons. The fraction of sp³-hybridized carbons (Fsp3) is 0.375. The number of pyridine rings is 1. The van der Waals surface area contributed by atoms with E-state index < -0.39 is 0 Å². The maximum absolute atomic E-state index is 13.2. The minimum Gasteiger partial charge on any atom is -0.383 e. The van der Waals surface area contributed by atoms with Gasteiger partial charge in [0.25, 0.3) is 5.91 Å². The smallest absolute Gasteiger partial charge is 0.259 e. The zero-order valence-electron chi connectivity index (χ0n) is 25.0. The zero-order valence-corrected chi connectivity index (χ0v) is 25.0. The number of benzene rings is 1. The van der Waals surface area contributed by atoms with Gasteiger partial charge in [-0.25, -0.2) is 19.6 Å². The lowest BCUT2D eigenvalue weighted by molar-refractivity contribution is -0.125. The fourth-order valence-electron chi connectivity index (χ4n) is 6.34. The molecule has 0 bridgehead atoms. The Kier molecular flexibility index (Phi) is 7.66. The molecule has 2 amide bonds. The molecule has 2 aliphatic rings. The molecule has 2 atom stereocenters. The first-order valence-corrected chi connectivity index (χ1v) is 14.6. The molecular formula is C32H37N9O2. The van der Waals surface area contributed by atoms with E-state index in [-0.39, 0.29) is 17.9 Å². The maximum Gasteiger partial charge on any atom is 0.259 e. The quantitative estimate of drug-likeness (QED) is 0.329. The first-order valence-electron chi connectivity index (χ1n) is 14.6. The van der Waals surface area contributed by atoms with Crippen molar-refractivity contribution >= 4 is 34.5 Å². The van der Waals surface area contributed by atoms with E-state index >= 15 is 0 Å². The summed E-state index contributed by atoms with van der Waals surface area (Å²) in [7, 11) is 5.69. The molecule has 1 saturated heterocycles. The number of nitrogen functional groups attached to an aromatic ring is 1. The second-order valence-corrected chi connectivity index (χ2v) is 11.9. The van der Waals surface area contributed by atoms with Crippen molar-refractivity contribution < 1.29 is 9.59 Å². The summed E-state index contributed by atoms with van der Waals surface area (Å²) in [5, 5.41) is 5.75. The van der Waals surface area contributed by atoms with Crippen LogP contribution in [0.3, 0.4) is 0 Å².